The number of hydrogen-bond acceptors (Lipinski definition) is 4. The third-order valence-corrected chi connectivity index (χ3v) is 3.78. The fraction of sp³-hybridized carbons (Fsp3) is 0.364. The van der Waals surface area contributed by atoms with Gasteiger partial charge in [-0.1, -0.05) is 0 Å². The van der Waals surface area contributed by atoms with E-state index in [1.54, 1.807) is 0 Å². The maximum Gasteiger partial charge on any atom is 0.248 e. The minimum Gasteiger partial charge on any atom is -0.366 e. The number of hydrogen-bond donors (Lipinski definition) is 2. The molecule has 0 unspecified atom stereocenters. The van der Waals surface area contributed by atoms with E-state index in [0.717, 1.165) is 0 Å². The molecule has 0 saturated heterocycles. The zero-order valence-electron chi connectivity index (χ0n) is 10.4. The fourth-order valence-corrected chi connectivity index (χ4v) is 2.31. The van der Waals surface area contributed by atoms with Crippen molar-refractivity contribution in [1.29, 1.82) is 0 Å². The number of benzene rings is 1. The Balaban J connectivity index is 2.76. The van der Waals surface area contributed by atoms with Gasteiger partial charge in [0.1, 0.15) is 0 Å². The maximum atomic E-state index is 11.8. The highest BCUT2D eigenvalue weighted by Gasteiger charge is 2.13. The average Bonchev–Trinajstić information content (AvgIpc) is 2.28. The van der Waals surface area contributed by atoms with Crippen LogP contribution in [0.4, 0.5) is 0 Å². The minimum atomic E-state index is -3.53. The SMILES string of the molecule is CN(C)CCNS(=O)(=O)c1ccc(C(N)=O)cc1. The Labute approximate surface area is 107 Å². The number of carbonyl (C=O) groups is 1. The van der Waals surface area contributed by atoms with Crippen molar-refractivity contribution >= 4 is 15.9 Å². The Morgan fingerprint density at radius 2 is 1.83 bits per heavy atom. The second kappa shape index (κ2) is 5.94. The van der Waals surface area contributed by atoms with Gasteiger partial charge in [0.05, 0.1) is 4.90 Å². The molecule has 0 radical (unpaired) electrons. The monoisotopic (exact) mass is 271 g/mol. The molecule has 100 valence electrons. The fourth-order valence-electron chi connectivity index (χ4n) is 1.29. The van der Waals surface area contributed by atoms with Crippen molar-refractivity contribution in [2.45, 2.75) is 4.90 Å². The smallest absolute Gasteiger partial charge is 0.248 e. The second-order valence-electron chi connectivity index (χ2n) is 4.09. The van der Waals surface area contributed by atoms with Crippen molar-refractivity contribution in [2.75, 3.05) is 27.2 Å². The second-order valence-corrected chi connectivity index (χ2v) is 5.86. The van der Waals surface area contributed by atoms with Crippen LogP contribution in [0.15, 0.2) is 29.2 Å². The zero-order chi connectivity index (χ0) is 13.8. The molecule has 0 aromatic heterocycles. The molecule has 0 aliphatic heterocycles. The zero-order valence-corrected chi connectivity index (χ0v) is 11.2. The lowest BCUT2D eigenvalue weighted by molar-refractivity contribution is 0.1000. The van der Waals surface area contributed by atoms with Crippen LogP contribution in [-0.2, 0) is 10.0 Å². The molecule has 7 heteroatoms. The normalized spacial score (nSPS) is 11.7. The van der Waals surface area contributed by atoms with Gasteiger partial charge in [-0.3, -0.25) is 4.79 Å². The largest absolute Gasteiger partial charge is 0.366 e. The van der Waals surface area contributed by atoms with Crippen molar-refractivity contribution in [3.05, 3.63) is 29.8 Å². The molecule has 0 atom stereocenters. The lowest BCUT2D eigenvalue weighted by atomic mass is 10.2. The molecule has 0 bridgehead atoms. The molecule has 1 amide bonds. The molecule has 0 aliphatic rings. The number of carbonyl (C=O) groups excluding carboxylic acids is 1. The summed E-state index contributed by atoms with van der Waals surface area (Å²) in [5.41, 5.74) is 5.36. The highest BCUT2D eigenvalue weighted by Crippen LogP contribution is 2.09. The summed E-state index contributed by atoms with van der Waals surface area (Å²) in [7, 11) is 0.187. The number of nitrogens with two attached hydrogens (primary N) is 1. The van der Waals surface area contributed by atoms with E-state index in [1.165, 1.54) is 24.3 Å². The van der Waals surface area contributed by atoms with E-state index in [2.05, 4.69) is 4.72 Å². The van der Waals surface area contributed by atoms with Crippen molar-refractivity contribution < 1.29 is 13.2 Å². The van der Waals surface area contributed by atoms with Gasteiger partial charge >= 0.3 is 0 Å². The Morgan fingerprint density at radius 3 is 2.28 bits per heavy atom. The first-order chi connectivity index (χ1) is 8.33. The predicted octanol–water partition coefficient (Wildman–Crippen LogP) is -0.375. The van der Waals surface area contributed by atoms with Crippen LogP contribution < -0.4 is 10.5 Å². The molecule has 6 nitrogen and oxygen atoms in total. The standard InChI is InChI=1S/C11H17N3O3S/c1-14(2)8-7-13-18(16,17)10-5-3-9(4-6-10)11(12)15/h3-6,13H,7-8H2,1-2H3,(H2,12,15). The highest BCUT2D eigenvalue weighted by atomic mass is 32.2. The lowest BCUT2D eigenvalue weighted by Crippen LogP contribution is -2.31. The first-order valence-corrected chi connectivity index (χ1v) is 6.85. The molecular formula is C11H17N3O3S. The summed E-state index contributed by atoms with van der Waals surface area (Å²) >= 11 is 0. The quantitative estimate of drug-likeness (QED) is 0.738. The summed E-state index contributed by atoms with van der Waals surface area (Å²) in [6.45, 7) is 0.936. The molecule has 3 N–H and O–H groups in total. The summed E-state index contributed by atoms with van der Waals surface area (Å²) < 4.78 is 26.2. The average molecular weight is 271 g/mol. The Kier molecular flexibility index (Phi) is 4.83. The Bertz CT molecular complexity index is 509. The van der Waals surface area contributed by atoms with Crippen LogP contribution in [0, 0.1) is 0 Å². The van der Waals surface area contributed by atoms with E-state index < -0.39 is 15.9 Å². The molecular weight excluding hydrogens is 254 g/mol. The van der Waals surface area contributed by atoms with Crippen LogP contribution in [-0.4, -0.2) is 46.4 Å². The van der Waals surface area contributed by atoms with Gasteiger partial charge < -0.3 is 10.6 Å². The van der Waals surface area contributed by atoms with E-state index in [9.17, 15) is 13.2 Å². The van der Waals surface area contributed by atoms with Gasteiger partial charge in [-0.15, -0.1) is 0 Å². The predicted molar refractivity (Wildman–Crippen MR) is 68.7 cm³/mol. The molecule has 1 rings (SSSR count). The van der Waals surface area contributed by atoms with Crippen molar-refractivity contribution in [3.63, 3.8) is 0 Å². The molecule has 0 heterocycles. The molecule has 0 spiro atoms. The number of primary amides is 1. The van der Waals surface area contributed by atoms with E-state index in [1.807, 2.05) is 19.0 Å². The van der Waals surface area contributed by atoms with E-state index in [0.29, 0.717) is 13.1 Å². The van der Waals surface area contributed by atoms with Gasteiger partial charge in [0.2, 0.25) is 15.9 Å². The number of rotatable bonds is 6. The van der Waals surface area contributed by atoms with Gasteiger partial charge in [0.15, 0.2) is 0 Å². The van der Waals surface area contributed by atoms with E-state index in [-0.39, 0.29) is 10.5 Å². The lowest BCUT2D eigenvalue weighted by Gasteiger charge is -2.11. The van der Waals surface area contributed by atoms with Crippen LogP contribution in [0.5, 0.6) is 0 Å². The molecule has 1 aromatic rings. The topological polar surface area (TPSA) is 92.5 Å². The number of sulfonamides is 1. The first kappa shape index (κ1) is 14.6. The van der Waals surface area contributed by atoms with Crippen LogP contribution in [0.25, 0.3) is 0 Å². The molecule has 18 heavy (non-hydrogen) atoms. The third kappa shape index (κ3) is 4.10. The van der Waals surface area contributed by atoms with E-state index in [4.69, 9.17) is 5.73 Å². The van der Waals surface area contributed by atoms with Gasteiger partial charge in [-0.05, 0) is 38.4 Å². The number of nitrogens with one attached hydrogen (secondary N) is 1. The maximum absolute atomic E-state index is 11.8. The Hall–Kier alpha value is -1.44. The van der Waals surface area contributed by atoms with Crippen molar-refractivity contribution in [1.82, 2.24) is 9.62 Å². The molecule has 0 saturated carbocycles. The van der Waals surface area contributed by atoms with Gasteiger partial charge in [-0.25, -0.2) is 13.1 Å². The number of amides is 1. The number of likely N-dealkylation sites (N-methyl/N-ethyl adjacent to an activating group) is 1. The first-order valence-electron chi connectivity index (χ1n) is 5.37. The summed E-state index contributed by atoms with van der Waals surface area (Å²) in [5, 5.41) is 0. The summed E-state index contributed by atoms with van der Waals surface area (Å²) in [6.07, 6.45) is 0. The summed E-state index contributed by atoms with van der Waals surface area (Å²) in [4.78, 5) is 12.9. The summed E-state index contributed by atoms with van der Waals surface area (Å²) in [6, 6.07) is 5.50. The van der Waals surface area contributed by atoms with Gasteiger partial charge in [0, 0.05) is 18.7 Å². The number of nitrogens with zero attached hydrogens (tertiary/aromatic N) is 1. The van der Waals surface area contributed by atoms with Crippen molar-refractivity contribution in [2.24, 2.45) is 5.73 Å². The van der Waals surface area contributed by atoms with E-state index >= 15 is 0 Å². The van der Waals surface area contributed by atoms with Crippen molar-refractivity contribution in [3.8, 4) is 0 Å². The third-order valence-electron chi connectivity index (χ3n) is 2.30. The van der Waals surface area contributed by atoms with Gasteiger partial charge in [0.25, 0.3) is 0 Å². The van der Waals surface area contributed by atoms with Crippen LogP contribution in [0.2, 0.25) is 0 Å². The molecule has 0 aliphatic carbocycles. The van der Waals surface area contributed by atoms with Gasteiger partial charge in [-0.2, -0.15) is 0 Å². The van der Waals surface area contributed by atoms with Crippen LogP contribution >= 0.6 is 0 Å². The van der Waals surface area contributed by atoms with Crippen LogP contribution in [0.1, 0.15) is 10.4 Å². The molecule has 1 aromatic carbocycles. The minimum absolute atomic E-state index is 0.117. The highest BCUT2D eigenvalue weighted by molar-refractivity contribution is 7.89. The molecule has 0 fully saturated rings. The summed E-state index contributed by atoms with van der Waals surface area (Å²) in [5.74, 6) is -0.584. The van der Waals surface area contributed by atoms with Crippen LogP contribution in [0.3, 0.4) is 0 Å². The Morgan fingerprint density at radius 1 is 1.28 bits per heavy atom.